The quantitative estimate of drug-likeness (QED) is 0.759. The predicted octanol–water partition coefficient (Wildman–Crippen LogP) is 3.60. The Morgan fingerprint density at radius 2 is 1.92 bits per heavy atom. The van der Waals surface area contributed by atoms with Gasteiger partial charge in [0, 0.05) is 12.5 Å². The molecule has 1 aliphatic rings. The minimum absolute atomic E-state index is 0.0588. The zero-order chi connectivity index (χ0) is 17.8. The Hall–Kier alpha value is -2.73. The van der Waals surface area contributed by atoms with Crippen molar-refractivity contribution in [1.82, 2.24) is 15.5 Å². The van der Waals surface area contributed by atoms with Gasteiger partial charge in [0.05, 0.1) is 5.56 Å². The molecule has 1 fully saturated rings. The first-order chi connectivity index (χ1) is 12.8. The lowest BCUT2D eigenvalue weighted by atomic mass is 10.1. The molecule has 2 aromatic carbocycles. The Morgan fingerprint density at radius 3 is 2.73 bits per heavy atom. The maximum atomic E-state index is 13.8. The molecule has 5 nitrogen and oxygen atoms in total. The Kier molecular flexibility index (Phi) is 4.93. The van der Waals surface area contributed by atoms with Crippen molar-refractivity contribution >= 4 is 0 Å². The molecule has 0 atom stereocenters. The molecule has 1 N–H and O–H groups in total. The molecule has 0 bridgehead atoms. The van der Waals surface area contributed by atoms with Gasteiger partial charge in [-0.2, -0.15) is 4.98 Å². The predicted molar refractivity (Wildman–Crippen MR) is 95.5 cm³/mol. The molecular formula is C20H20FN3O2. The van der Waals surface area contributed by atoms with Gasteiger partial charge in [0.15, 0.2) is 5.82 Å². The first kappa shape index (κ1) is 16.7. The number of ether oxygens (including phenoxy) is 1. The molecule has 0 amide bonds. The number of nitrogens with one attached hydrogen (secondary N) is 1. The van der Waals surface area contributed by atoms with Crippen molar-refractivity contribution in [2.24, 2.45) is 0 Å². The highest BCUT2D eigenvalue weighted by molar-refractivity contribution is 5.62. The monoisotopic (exact) mass is 353 g/mol. The van der Waals surface area contributed by atoms with Crippen molar-refractivity contribution in [3.63, 3.8) is 0 Å². The molecule has 0 spiro atoms. The molecule has 0 unspecified atom stereocenters. The summed E-state index contributed by atoms with van der Waals surface area (Å²) in [6, 6.07) is 14.3. The summed E-state index contributed by atoms with van der Waals surface area (Å²) in [7, 11) is 0. The third-order valence-corrected chi connectivity index (χ3v) is 4.43. The molecule has 1 saturated heterocycles. The van der Waals surface area contributed by atoms with Crippen LogP contribution in [0.3, 0.4) is 0 Å². The van der Waals surface area contributed by atoms with E-state index >= 15 is 0 Å². The zero-order valence-electron chi connectivity index (χ0n) is 14.3. The molecule has 1 aromatic heterocycles. The second kappa shape index (κ2) is 7.66. The van der Waals surface area contributed by atoms with Crippen LogP contribution in [0, 0.1) is 5.82 Å². The number of hydrogen-bond donors (Lipinski definition) is 1. The summed E-state index contributed by atoms with van der Waals surface area (Å²) in [5.74, 6) is 1.04. The summed E-state index contributed by atoms with van der Waals surface area (Å²) >= 11 is 0. The van der Waals surface area contributed by atoms with Crippen LogP contribution in [-0.4, -0.2) is 29.3 Å². The Labute approximate surface area is 151 Å². The molecule has 26 heavy (non-hydrogen) atoms. The molecular weight excluding hydrogens is 333 g/mol. The fourth-order valence-corrected chi connectivity index (χ4v) is 3.08. The van der Waals surface area contributed by atoms with Crippen LogP contribution in [0.1, 0.15) is 24.2 Å². The number of hydrogen-bond acceptors (Lipinski definition) is 5. The van der Waals surface area contributed by atoms with Crippen LogP contribution in [0.2, 0.25) is 0 Å². The fourth-order valence-electron chi connectivity index (χ4n) is 3.08. The second-order valence-electron chi connectivity index (χ2n) is 6.39. The first-order valence-electron chi connectivity index (χ1n) is 8.82. The maximum Gasteiger partial charge on any atom is 0.261 e. The van der Waals surface area contributed by atoms with Gasteiger partial charge in [0.1, 0.15) is 17.7 Å². The summed E-state index contributed by atoms with van der Waals surface area (Å²) in [4.78, 5) is 4.47. The molecule has 2 heterocycles. The SMILES string of the molecule is Fc1ccc(-c2nc(Cc3ccccc3)no2)c(OC2CCNCC2)c1. The van der Waals surface area contributed by atoms with Crippen LogP contribution in [-0.2, 0) is 6.42 Å². The summed E-state index contributed by atoms with van der Waals surface area (Å²) in [6.07, 6.45) is 2.41. The lowest BCUT2D eigenvalue weighted by Crippen LogP contribution is -2.34. The van der Waals surface area contributed by atoms with E-state index in [1.807, 2.05) is 30.3 Å². The molecule has 1 aliphatic heterocycles. The fraction of sp³-hybridized carbons (Fsp3) is 0.300. The summed E-state index contributed by atoms with van der Waals surface area (Å²) < 4.78 is 25.2. The van der Waals surface area contributed by atoms with Crippen molar-refractivity contribution in [2.75, 3.05) is 13.1 Å². The Balaban J connectivity index is 1.57. The lowest BCUT2D eigenvalue weighted by Gasteiger charge is -2.24. The van der Waals surface area contributed by atoms with Crippen molar-refractivity contribution in [3.05, 3.63) is 65.7 Å². The maximum absolute atomic E-state index is 13.8. The van der Waals surface area contributed by atoms with E-state index in [9.17, 15) is 4.39 Å². The van der Waals surface area contributed by atoms with E-state index in [4.69, 9.17) is 9.26 Å². The normalized spacial score (nSPS) is 15.1. The smallest absolute Gasteiger partial charge is 0.261 e. The highest BCUT2D eigenvalue weighted by atomic mass is 19.1. The van der Waals surface area contributed by atoms with Gasteiger partial charge in [-0.15, -0.1) is 0 Å². The average molecular weight is 353 g/mol. The molecule has 4 rings (SSSR count). The van der Waals surface area contributed by atoms with E-state index in [-0.39, 0.29) is 11.9 Å². The number of benzene rings is 2. The van der Waals surface area contributed by atoms with E-state index in [1.165, 1.54) is 12.1 Å². The molecule has 0 aliphatic carbocycles. The van der Waals surface area contributed by atoms with Gasteiger partial charge in [-0.3, -0.25) is 0 Å². The van der Waals surface area contributed by atoms with Crippen molar-refractivity contribution < 1.29 is 13.7 Å². The van der Waals surface area contributed by atoms with Gasteiger partial charge >= 0.3 is 0 Å². The van der Waals surface area contributed by atoms with E-state index < -0.39 is 0 Å². The third-order valence-electron chi connectivity index (χ3n) is 4.43. The minimum atomic E-state index is -0.346. The molecule has 0 saturated carbocycles. The molecule has 0 radical (unpaired) electrons. The first-order valence-corrected chi connectivity index (χ1v) is 8.82. The summed E-state index contributed by atoms with van der Waals surface area (Å²) in [5, 5.41) is 7.34. The summed E-state index contributed by atoms with van der Waals surface area (Å²) in [5.41, 5.74) is 1.72. The van der Waals surface area contributed by atoms with Crippen LogP contribution in [0.15, 0.2) is 53.1 Å². The summed E-state index contributed by atoms with van der Waals surface area (Å²) in [6.45, 7) is 1.80. The van der Waals surface area contributed by atoms with E-state index in [0.29, 0.717) is 29.4 Å². The van der Waals surface area contributed by atoms with E-state index in [1.54, 1.807) is 6.07 Å². The van der Waals surface area contributed by atoms with E-state index in [0.717, 1.165) is 31.5 Å². The topological polar surface area (TPSA) is 60.2 Å². The highest BCUT2D eigenvalue weighted by Crippen LogP contribution is 2.31. The van der Waals surface area contributed by atoms with Crippen LogP contribution < -0.4 is 10.1 Å². The Morgan fingerprint density at radius 1 is 1.12 bits per heavy atom. The van der Waals surface area contributed by atoms with Crippen molar-refractivity contribution in [1.29, 1.82) is 0 Å². The third kappa shape index (κ3) is 3.91. The van der Waals surface area contributed by atoms with Crippen LogP contribution >= 0.6 is 0 Å². The van der Waals surface area contributed by atoms with Gasteiger partial charge in [-0.05, 0) is 43.6 Å². The van der Waals surface area contributed by atoms with Crippen LogP contribution in [0.25, 0.3) is 11.5 Å². The lowest BCUT2D eigenvalue weighted by molar-refractivity contribution is 0.162. The number of halogens is 1. The van der Waals surface area contributed by atoms with Crippen LogP contribution in [0.4, 0.5) is 4.39 Å². The van der Waals surface area contributed by atoms with Crippen molar-refractivity contribution in [2.45, 2.75) is 25.4 Å². The van der Waals surface area contributed by atoms with Gasteiger partial charge in [-0.1, -0.05) is 35.5 Å². The zero-order valence-corrected chi connectivity index (χ0v) is 14.3. The van der Waals surface area contributed by atoms with Crippen molar-refractivity contribution in [3.8, 4) is 17.2 Å². The van der Waals surface area contributed by atoms with Gasteiger partial charge in [-0.25, -0.2) is 4.39 Å². The van der Waals surface area contributed by atoms with Gasteiger partial charge in [0.2, 0.25) is 0 Å². The number of nitrogens with zero attached hydrogens (tertiary/aromatic N) is 2. The number of rotatable bonds is 5. The molecule has 6 heteroatoms. The van der Waals surface area contributed by atoms with Crippen LogP contribution in [0.5, 0.6) is 5.75 Å². The van der Waals surface area contributed by atoms with Gasteiger partial charge < -0.3 is 14.6 Å². The second-order valence-corrected chi connectivity index (χ2v) is 6.39. The Bertz CT molecular complexity index is 861. The van der Waals surface area contributed by atoms with Gasteiger partial charge in [0.25, 0.3) is 5.89 Å². The van der Waals surface area contributed by atoms with E-state index in [2.05, 4.69) is 15.5 Å². The number of piperidine rings is 1. The number of aromatic nitrogens is 2. The minimum Gasteiger partial charge on any atom is -0.489 e. The highest BCUT2D eigenvalue weighted by Gasteiger charge is 2.20. The average Bonchev–Trinajstić information content (AvgIpc) is 3.12. The standard InChI is InChI=1S/C20H20FN3O2/c21-15-6-7-17(18(13-15)25-16-8-10-22-11-9-16)20-23-19(24-26-20)12-14-4-2-1-3-5-14/h1-7,13,16,22H,8-12H2. The largest absolute Gasteiger partial charge is 0.489 e. The molecule has 3 aromatic rings. The molecule has 134 valence electrons.